The molecule has 0 atom stereocenters. The van der Waals surface area contributed by atoms with E-state index < -0.39 is 9.84 Å². The Morgan fingerprint density at radius 2 is 1.50 bits per heavy atom. The van der Waals surface area contributed by atoms with Crippen molar-refractivity contribution >= 4 is 21.4 Å². The monoisotopic (exact) mass is 357 g/mol. The number of benzene rings is 2. The summed E-state index contributed by atoms with van der Waals surface area (Å²) in [5, 5.41) is 0.671. The van der Waals surface area contributed by atoms with Gasteiger partial charge in [0.1, 0.15) is 0 Å². The van der Waals surface area contributed by atoms with E-state index in [0.717, 1.165) is 27.9 Å². The fourth-order valence-electron chi connectivity index (χ4n) is 2.51. The first-order chi connectivity index (χ1) is 11.3. The number of nitrogens with zero attached hydrogens (tertiary/aromatic N) is 1. The van der Waals surface area contributed by atoms with Crippen LogP contribution in [0.15, 0.2) is 65.7 Å². The zero-order valence-corrected chi connectivity index (χ0v) is 14.9. The van der Waals surface area contributed by atoms with Crippen LogP contribution < -0.4 is 0 Å². The standard InChI is InChI=1S/C19H16ClNO2S/c1-13-11-18(14-5-9-17(10-6-14)24(2,22)23)19(21-12-13)15-3-7-16(20)8-4-15/h3-12H,1-2H3. The number of hydrogen-bond acceptors (Lipinski definition) is 3. The van der Waals surface area contributed by atoms with Crippen LogP contribution in [0.2, 0.25) is 5.02 Å². The Hall–Kier alpha value is -2.17. The molecule has 1 heterocycles. The minimum absolute atomic E-state index is 0.305. The van der Waals surface area contributed by atoms with Crippen LogP contribution in [0.3, 0.4) is 0 Å². The third-order valence-corrected chi connectivity index (χ3v) is 5.12. The van der Waals surface area contributed by atoms with Crippen LogP contribution in [-0.4, -0.2) is 19.7 Å². The molecule has 5 heteroatoms. The highest BCUT2D eigenvalue weighted by Gasteiger charge is 2.12. The number of aromatic nitrogens is 1. The number of halogens is 1. The number of aryl methyl sites for hydroxylation is 1. The molecule has 0 saturated carbocycles. The second-order valence-electron chi connectivity index (χ2n) is 5.71. The summed E-state index contributed by atoms with van der Waals surface area (Å²) in [5.41, 5.74) is 4.71. The van der Waals surface area contributed by atoms with E-state index in [4.69, 9.17) is 11.6 Å². The van der Waals surface area contributed by atoms with E-state index in [1.54, 1.807) is 12.1 Å². The van der Waals surface area contributed by atoms with Gasteiger partial charge in [-0.1, -0.05) is 35.9 Å². The van der Waals surface area contributed by atoms with Gasteiger partial charge in [-0.05, 0) is 48.4 Å². The highest BCUT2D eigenvalue weighted by molar-refractivity contribution is 7.90. The van der Waals surface area contributed by atoms with Crippen molar-refractivity contribution in [2.75, 3.05) is 6.26 Å². The van der Waals surface area contributed by atoms with Crippen molar-refractivity contribution in [2.45, 2.75) is 11.8 Å². The van der Waals surface area contributed by atoms with Crippen molar-refractivity contribution < 1.29 is 8.42 Å². The van der Waals surface area contributed by atoms with Crippen LogP contribution in [0.5, 0.6) is 0 Å². The van der Waals surface area contributed by atoms with Gasteiger partial charge in [-0.2, -0.15) is 0 Å². The third-order valence-electron chi connectivity index (χ3n) is 3.74. The van der Waals surface area contributed by atoms with Crippen LogP contribution in [0.1, 0.15) is 5.56 Å². The summed E-state index contributed by atoms with van der Waals surface area (Å²) >= 11 is 5.96. The predicted molar refractivity (Wildman–Crippen MR) is 98.0 cm³/mol. The molecule has 0 aliphatic rings. The van der Waals surface area contributed by atoms with Gasteiger partial charge in [-0.3, -0.25) is 4.98 Å². The van der Waals surface area contributed by atoms with Crippen LogP contribution in [0, 0.1) is 6.92 Å². The fourth-order valence-corrected chi connectivity index (χ4v) is 3.27. The number of rotatable bonds is 3. The van der Waals surface area contributed by atoms with Gasteiger partial charge in [-0.15, -0.1) is 0 Å². The molecule has 0 spiro atoms. The van der Waals surface area contributed by atoms with Crippen molar-refractivity contribution in [1.82, 2.24) is 4.98 Å². The van der Waals surface area contributed by atoms with E-state index >= 15 is 0 Å². The number of sulfone groups is 1. The Labute approximate surface area is 146 Å². The molecule has 122 valence electrons. The van der Waals surface area contributed by atoms with Crippen molar-refractivity contribution in [3.8, 4) is 22.4 Å². The lowest BCUT2D eigenvalue weighted by atomic mass is 9.98. The molecule has 0 N–H and O–H groups in total. The average molecular weight is 358 g/mol. The molecule has 3 nitrogen and oxygen atoms in total. The molecule has 3 rings (SSSR count). The smallest absolute Gasteiger partial charge is 0.175 e. The summed E-state index contributed by atoms with van der Waals surface area (Å²) in [6.45, 7) is 1.98. The van der Waals surface area contributed by atoms with E-state index in [2.05, 4.69) is 4.98 Å². The highest BCUT2D eigenvalue weighted by Crippen LogP contribution is 2.32. The summed E-state index contributed by atoms with van der Waals surface area (Å²) in [4.78, 5) is 4.87. The first-order valence-electron chi connectivity index (χ1n) is 7.38. The molecule has 0 amide bonds. The fraction of sp³-hybridized carbons (Fsp3) is 0.105. The van der Waals surface area contributed by atoms with Crippen molar-refractivity contribution in [3.05, 3.63) is 71.4 Å². The summed E-state index contributed by atoms with van der Waals surface area (Å²) in [6.07, 6.45) is 3.02. The minimum atomic E-state index is -3.21. The summed E-state index contributed by atoms with van der Waals surface area (Å²) in [7, 11) is -3.21. The van der Waals surface area contributed by atoms with E-state index in [9.17, 15) is 8.42 Å². The predicted octanol–water partition coefficient (Wildman–Crippen LogP) is 4.78. The second-order valence-corrected chi connectivity index (χ2v) is 8.16. The Balaban J connectivity index is 2.13. The Kier molecular flexibility index (Phi) is 4.43. The van der Waals surface area contributed by atoms with Gasteiger partial charge >= 0.3 is 0 Å². The molecular weight excluding hydrogens is 342 g/mol. The minimum Gasteiger partial charge on any atom is -0.255 e. The summed E-state index contributed by atoms with van der Waals surface area (Å²) in [6, 6.07) is 16.4. The first kappa shape index (κ1) is 16.7. The summed E-state index contributed by atoms with van der Waals surface area (Å²) in [5.74, 6) is 0. The average Bonchev–Trinajstić information content (AvgIpc) is 2.55. The molecule has 24 heavy (non-hydrogen) atoms. The van der Waals surface area contributed by atoms with Crippen molar-refractivity contribution in [3.63, 3.8) is 0 Å². The Morgan fingerprint density at radius 3 is 2.08 bits per heavy atom. The first-order valence-corrected chi connectivity index (χ1v) is 9.64. The van der Waals surface area contributed by atoms with Gasteiger partial charge in [0.2, 0.25) is 0 Å². The molecule has 0 fully saturated rings. The largest absolute Gasteiger partial charge is 0.255 e. The Morgan fingerprint density at radius 1 is 0.917 bits per heavy atom. The zero-order chi connectivity index (χ0) is 17.3. The maximum absolute atomic E-state index is 11.6. The molecule has 0 radical (unpaired) electrons. The van der Waals surface area contributed by atoms with Crippen molar-refractivity contribution in [1.29, 1.82) is 0 Å². The normalized spacial score (nSPS) is 11.5. The van der Waals surface area contributed by atoms with Gasteiger partial charge in [0.05, 0.1) is 10.6 Å². The second kappa shape index (κ2) is 6.38. The molecule has 3 aromatic rings. The molecule has 2 aromatic carbocycles. The van der Waals surface area contributed by atoms with Crippen molar-refractivity contribution in [2.24, 2.45) is 0 Å². The maximum Gasteiger partial charge on any atom is 0.175 e. The highest BCUT2D eigenvalue weighted by atomic mass is 35.5. The van der Waals surface area contributed by atoms with Crippen LogP contribution in [0.25, 0.3) is 22.4 Å². The van der Waals surface area contributed by atoms with E-state index in [1.807, 2.05) is 55.6 Å². The van der Waals surface area contributed by atoms with Crippen LogP contribution in [-0.2, 0) is 9.84 Å². The maximum atomic E-state index is 11.6. The SMILES string of the molecule is Cc1cnc(-c2ccc(Cl)cc2)c(-c2ccc(S(C)(=O)=O)cc2)c1. The molecule has 0 aliphatic carbocycles. The molecule has 1 aromatic heterocycles. The molecule has 0 bridgehead atoms. The quantitative estimate of drug-likeness (QED) is 0.677. The van der Waals surface area contributed by atoms with E-state index in [-0.39, 0.29) is 0 Å². The van der Waals surface area contributed by atoms with Gasteiger partial charge < -0.3 is 0 Å². The zero-order valence-electron chi connectivity index (χ0n) is 13.3. The lowest BCUT2D eigenvalue weighted by Crippen LogP contribution is -1.97. The van der Waals surface area contributed by atoms with Gasteiger partial charge in [-0.25, -0.2) is 8.42 Å². The molecule has 0 aliphatic heterocycles. The molecule has 0 saturated heterocycles. The van der Waals surface area contributed by atoms with Gasteiger partial charge in [0.15, 0.2) is 9.84 Å². The van der Waals surface area contributed by atoms with Crippen LogP contribution in [0.4, 0.5) is 0 Å². The summed E-state index contributed by atoms with van der Waals surface area (Å²) < 4.78 is 23.3. The topological polar surface area (TPSA) is 47.0 Å². The van der Waals surface area contributed by atoms with Gasteiger partial charge in [0, 0.05) is 28.6 Å². The van der Waals surface area contributed by atoms with E-state index in [0.29, 0.717) is 9.92 Å². The lowest BCUT2D eigenvalue weighted by Gasteiger charge is -2.11. The van der Waals surface area contributed by atoms with E-state index in [1.165, 1.54) is 6.26 Å². The molecular formula is C19H16ClNO2S. The molecule has 0 unspecified atom stereocenters. The Bertz CT molecular complexity index is 979. The van der Waals surface area contributed by atoms with Gasteiger partial charge in [0.25, 0.3) is 0 Å². The number of hydrogen-bond donors (Lipinski definition) is 0. The lowest BCUT2D eigenvalue weighted by molar-refractivity contribution is 0.602. The number of pyridine rings is 1. The third kappa shape index (κ3) is 3.50. The van der Waals surface area contributed by atoms with Crippen LogP contribution >= 0.6 is 11.6 Å².